The highest BCUT2D eigenvalue weighted by atomic mass is 19.3. The fraction of sp³-hybridized carbons (Fsp3) is 0.222. The van der Waals surface area contributed by atoms with Crippen LogP contribution >= 0.6 is 0 Å². The molecule has 0 aliphatic heterocycles. The van der Waals surface area contributed by atoms with Crippen LogP contribution in [0.5, 0.6) is 5.75 Å². The Morgan fingerprint density at radius 1 is 1.46 bits per heavy atom. The molecule has 0 bridgehead atoms. The SMILES string of the molecule is COc1cccc(C(F)F)c1C#N. The van der Waals surface area contributed by atoms with E-state index >= 15 is 0 Å². The molecule has 1 aromatic carbocycles. The van der Waals surface area contributed by atoms with Gasteiger partial charge < -0.3 is 4.74 Å². The van der Waals surface area contributed by atoms with Gasteiger partial charge in [0.1, 0.15) is 17.4 Å². The topological polar surface area (TPSA) is 33.0 Å². The van der Waals surface area contributed by atoms with E-state index in [0.717, 1.165) is 0 Å². The van der Waals surface area contributed by atoms with E-state index in [0.29, 0.717) is 0 Å². The molecule has 0 saturated carbocycles. The van der Waals surface area contributed by atoms with Gasteiger partial charge in [-0.1, -0.05) is 12.1 Å². The van der Waals surface area contributed by atoms with Crippen LogP contribution in [0.25, 0.3) is 0 Å². The molecule has 0 aliphatic carbocycles. The molecule has 0 aliphatic rings. The number of nitrogens with zero attached hydrogens (tertiary/aromatic N) is 1. The quantitative estimate of drug-likeness (QED) is 0.705. The molecule has 0 fully saturated rings. The van der Waals surface area contributed by atoms with E-state index in [1.165, 1.54) is 25.3 Å². The smallest absolute Gasteiger partial charge is 0.265 e. The Morgan fingerprint density at radius 3 is 2.62 bits per heavy atom. The number of alkyl halides is 2. The lowest BCUT2D eigenvalue weighted by Gasteiger charge is -2.06. The first-order valence-electron chi connectivity index (χ1n) is 3.56. The first-order chi connectivity index (χ1) is 6.20. The lowest BCUT2D eigenvalue weighted by atomic mass is 10.1. The summed E-state index contributed by atoms with van der Waals surface area (Å²) in [7, 11) is 1.34. The van der Waals surface area contributed by atoms with E-state index < -0.39 is 6.43 Å². The van der Waals surface area contributed by atoms with E-state index in [4.69, 9.17) is 10.00 Å². The zero-order chi connectivity index (χ0) is 9.84. The molecule has 0 saturated heterocycles. The van der Waals surface area contributed by atoms with Gasteiger partial charge in [-0.25, -0.2) is 8.78 Å². The molecular formula is C9H7F2NO. The molecular weight excluding hydrogens is 176 g/mol. The summed E-state index contributed by atoms with van der Waals surface area (Å²) in [6.07, 6.45) is -2.65. The minimum absolute atomic E-state index is 0.0972. The van der Waals surface area contributed by atoms with Crippen molar-refractivity contribution in [3.63, 3.8) is 0 Å². The van der Waals surface area contributed by atoms with E-state index in [1.54, 1.807) is 6.07 Å². The van der Waals surface area contributed by atoms with Gasteiger partial charge in [0.05, 0.1) is 7.11 Å². The molecule has 0 unspecified atom stereocenters. The minimum Gasteiger partial charge on any atom is -0.495 e. The summed E-state index contributed by atoms with van der Waals surface area (Å²) >= 11 is 0. The number of ether oxygens (including phenoxy) is 1. The third-order valence-electron chi connectivity index (χ3n) is 1.63. The maximum Gasteiger partial charge on any atom is 0.265 e. The Labute approximate surface area is 74.4 Å². The van der Waals surface area contributed by atoms with Crippen LogP contribution in [0.3, 0.4) is 0 Å². The van der Waals surface area contributed by atoms with Gasteiger partial charge >= 0.3 is 0 Å². The van der Waals surface area contributed by atoms with Crippen LogP contribution in [0, 0.1) is 11.3 Å². The van der Waals surface area contributed by atoms with Crippen molar-refractivity contribution in [1.82, 2.24) is 0 Å². The van der Waals surface area contributed by atoms with Crippen LogP contribution in [0.2, 0.25) is 0 Å². The van der Waals surface area contributed by atoms with Crippen LogP contribution in [0.4, 0.5) is 8.78 Å². The fourth-order valence-corrected chi connectivity index (χ4v) is 1.02. The van der Waals surface area contributed by atoms with Gasteiger partial charge in [-0.15, -0.1) is 0 Å². The summed E-state index contributed by atoms with van der Waals surface area (Å²) in [5.41, 5.74) is -0.387. The Hall–Kier alpha value is -1.63. The minimum atomic E-state index is -2.65. The van der Waals surface area contributed by atoms with Crippen LogP contribution < -0.4 is 4.74 Å². The zero-order valence-electron chi connectivity index (χ0n) is 6.92. The molecule has 0 spiro atoms. The van der Waals surface area contributed by atoms with E-state index in [1.807, 2.05) is 0 Å². The third-order valence-corrected chi connectivity index (χ3v) is 1.63. The molecule has 13 heavy (non-hydrogen) atoms. The van der Waals surface area contributed by atoms with Gasteiger partial charge in [-0.05, 0) is 6.07 Å². The summed E-state index contributed by atoms with van der Waals surface area (Å²) in [5.74, 6) is 0.181. The largest absolute Gasteiger partial charge is 0.495 e. The number of nitriles is 1. The van der Waals surface area contributed by atoms with Crippen molar-refractivity contribution in [3.05, 3.63) is 29.3 Å². The van der Waals surface area contributed by atoms with Crippen molar-refractivity contribution in [3.8, 4) is 11.8 Å². The van der Waals surface area contributed by atoms with Crippen molar-refractivity contribution in [2.75, 3.05) is 7.11 Å². The highest BCUT2D eigenvalue weighted by Crippen LogP contribution is 2.28. The molecule has 1 rings (SSSR count). The average Bonchev–Trinajstić information content (AvgIpc) is 2.16. The van der Waals surface area contributed by atoms with E-state index in [2.05, 4.69) is 0 Å². The maximum atomic E-state index is 12.3. The molecule has 0 heterocycles. The molecule has 0 radical (unpaired) electrons. The van der Waals surface area contributed by atoms with Gasteiger partial charge in [-0.3, -0.25) is 0 Å². The lowest BCUT2D eigenvalue weighted by molar-refractivity contribution is 0.150. The summed E-state index contributed by atoms with van der Waals surface area (Å²) in [6, 6.07) is 5.81. The third kappa shape index (κ3) is 1.75. The van der Waals surface area contributed by atoms with Crippen molar-refractivity contribution in [2.45, 2.75) is 6.43 Å². The Balaban J connectivity index is 3.29. The average molecular weight is 183 g/mol. The van der Waals surface area contributed by atoms with Gasteiger partial charge in [0.15, 0.2) is 0 Å². The van der Waals surface area contributed by atoms with Crippen molar-refractivity contribution in [1.29, 1.82) is 5.26 Å². The normalized spacial score (nSPS) is 9.77. The second kappa shape index (κ2) is 3.85. The number of benzene rings is 1. The first-order valence-corrected chi connectivity index (χ1v) is 3.56. The first kappa shape index (κ1) is 9.46. The molecule has 2 nitrogen and oxygen atoms in total. The van der Waals surface area contributed by atoms with Crippen molar-refractivity contribution in [2.24, 2.45) is 0 Å². The Bertz CT molecular complexity index is 344. The zero-order valence-corrected chi connectivity index (χ0v) is 6.92. The fourth-order valence-electron chi connectivity index (χ4n) is 1.02. The van der Waals surface area contributed by atoms with Gasteiger partial charge in [-0.2, -0.15) is 5.26 Å². The van der Waals surface area contributed by atoms with Crippen molar-refractivity contribution >= 4 is 0 Å². The second-order valence-corrected chi connectivity index (χ2v) is 2.34. The van der Waals surface area contributed by atoms with E-state index in [-0.39, 0.29) is 16.9 Å². The maximum absolute atomic E-state index is 12.3. The molecule has 4 heteroatoms. The number of halogens is 2. The molecule has 68 valence electrons. The van der Waals surface area contributed by atoms with Crippen molar-refractivity contribution < 1.29 is 13.5 Å². The highest BCUT2D eigenvalue weighted by Gasteiger charge is 2.15. The molecule has 0 amide bonds. The lowest BCUT2D eigenvalue weighted by Crippen LogP contribution is -1.94. The molecule has 1 aromatic rings. The Kier molecular flexibility index (Phi) is 2.80. The van der Waals surface area contributed by atoms with Gasteiger partial charge in [0, 0.05) is 5.56 Å². The van der Waals surface area contributed by atoms with Crippen LogP contribution in [0.1, 0.15) is 17.6 Å². The molecule has 0 N–H and O–H groups in total. The van der Waals surface area contributed by atoms with E-state index in [9.17, 15) is 8.78 Å². The summed E-state index contributed by atoms with van der Waals surface area (Å²) < 4.78 is 29.4. The number of hydrogen-bond acceptors (Lipinski definition) is 2. The summed E-state index contributed by atoms with van der Waals surface area (Å²) in [6.45, 7) is 0. The predicted octanol–water partition coefficient (Wildman–Crippen LogP) is 2.50. The van der Waals surface area contributed by atoms with Crippen LogP contribution in [-0.2, 0) is 0 Å². The number of rotatable bonds is 2. The monoisotopic (exact) mass is 183 g/mol. The second-order valence-electron chi connectivity index (χ2n) is 2.34. The number of methoxy groups -OCH3 is 1. The van der Waals surface area contributed by atoms with Gasteiger partial charge in [0.2, 0.25) is 0 Å². The number of hydrogen-bond donors (Lipinski definition) is 0. The molecule has 0 atom stereocenters. The predicted molar refractivity (Wildman–Crippen MR) is 42.7 cm³/mol. The summed E-state index contributed by atoms with van der Waals surface area (Å²) in [4.78, 5) is 0. The van der Waals surface area contributed by atoms with Crippen LogP contribution in [0.15, 0.2) is 18.2 Å². The van der Waals surface area contributed by atoms with Crippen LogP contribution in [-0.4, -0.2) is 7.11 Å². The summed E-state index contributed by atoms with van der Waals surface area (Å²) in [5, 5.41) is 8.62. The standard InChI is InChI=1S/C9H7F2NO/c1-13-8-4-2-3-6(9(10)11)7(8)5-12/h2-4,9H,1H3. The Morgan fingerprint density at radius 2 is 2.15 bits per heavy atom. The highest BCUT2D eigenvalue weighted by molar-refractivity contribution is 5.49. The van der Waals surface area contributed by atoms with Gasteiger partial charge in [0.25, 0.3) is 6.43 Å². The molecule has 0 aromatic heterocycles.